The maximum Gasteiger partial charge on any atom is 0.141 e. The predicted octanol–water partition coefficient (Wildman–Crippen LogP) is 2.78. The summed E-state index contributed by atoms with van der Waals surface area (Å²) in [7, 11) is 1.85. The van der Waals surface area contributed by atoms with E-state index in [-0.39, 0.29) is 12.6 Å². The highest BCUT2D eigenvalue weighted by Gasteiger charge is 2.17. The molecule has 0 fully saturated rings. The van der Waals surface area contributed by atoms with Crippen LogP contribution in [0.3, 0.4) is 0 Å². The van der Waals surface area contributed by atoms with Crippen LogP contribution in [0.5, 0.6) is 11.5 Å². The second-order valence-electron chi connectivity index (χ2n) is 4.04. The Labute approximate surface area is 119 Å². The van der Waals surface area contributed by atoms with Crippen molar-refractivity contribution in [1.82, 2.24) is 5.32 Å². The summed E-state index contributed by atoms with van der Waals surface area (Å²) in [6.45, 7) is 5.06. The first-order valence-corrected chi connectivity index (χ1v) is 6.92. The van der Waals surface area contributed by atoms with Gasteiger partial charge in [0.15, 0.2) is 0 Å². The largest absolute Gasteiger partial charge is 0.493 e. The minimum atomic E-state index is -0.000253. The molecule has 0 aliphatic heterocycles. The number of aliphatic hydroxyl groups is 1. The third kappa shape index (κ3) is 4.27. The van der Waals surface area contributed by atoms with Crippen LogP contribution < -0.4 is 14.8 Å². The summed E-state index contributed by atoms with van der Waals surface area (Å²) >= 11 is 6.21. The fourth-order valence-corrected chi connectivity index (χ4v) is 2.18. The molecule has 0 aliphatic rings. The quantitative estimate of drug-likeness (QED) is 0.772. The van der Waals surface area contributed by atoms with Crippen LogP contribution in [0.25, 0.3) is 0 Å². The monoisotopic (exact) mass is 287 g/mol. The normalized spacial score (nSPS) is 12.3. The van der Waals surface area contributed by atoms with Crippen LogP contribution in [0.15, 0.2) is 12.1 Å². The molecule has 1 unspecified atom stereocenters. The van der Waals surface area contributed by atoms with E-state index in [0.29, 0.717) is 30.4 Å². The molecule has 108 valence electrons. The number of benzene rings is 1. The lowest BCUT2D eigenvalue weighted by molar-refractivity contribution is 0.264. The first-order chi connectivity index (χ1) is 9.17. The third-order valence-corrected chi connectivity index (χ3v) is 3.10. The van der Waals surface area contributed by atoms with Crippen LogP contribution in [0.4, 0.5) is 0 Å². The Morgan fingerprint density at radius 1 is 1.21 bits per heavy atom. The molecule has 2 N–H and O–H groups in total. The molecule has 1 rings (SSSR count). The molecule has 0 saturated carbocycles. The van der Waals surface area contributed by atoms with E-state index in [0.717, 1.165) is 11.3 Å². The lowest BCUT2D eigenvalue weighted by Crippen LogP contribution is -2.19. The highest BCUT2D eigenvalue weighted by molar-refractivity contribution is 6.32. The highest BCUT2D eigenvalue weighted by atomic mass is 35.5. The number of nitrogens with one attached hydrogen (secondary N) is 1. The van der Waals surface area contributed by atoms with Crippen molar-refractivity contribution in [1.29, 1.82) is 0 Å². The van der Waals surface area contributed by atoms with Gasteiger partial charge in [0, 0.05) is 24.3 Å². The summed E-state index contributed by atoms with van der Waals surface area (Å²) in [6.07, 6.45) is 0.598. The van der Waals surface area contributed by atoms with Gasteiger partial charge in [-0.3, -0.25) is 0 Å². The van der Waals surface area contributed by atoms with E-state index < -0.39 is 0 Å². The van der Waals surface area contributed by atoms with Crippen LogP contribution in [0.1, 0.15) is 31.9 Å². The molecule has 0 heterocycles. The Morgan fingerprint density at radius 2 is 1.84 bits per heavy atom. The van der Waals surface area contributed by atoms with Gasteiger partial charge in [0.25, 0.3) is 0 Å². The summed E-state index contributed by atoms with van der Waals surface area (Å²) in [5.41, 5.74) is 0.937. The Balaban J connectivity index is 3.16. The van der Waals surface area contributed by atoms with Crippen molar-refractivity contribution >= 4 is 11.6 Å². The second kappa shape index (κ2) is 8.25. The summed E-state index contributed by atoms with van der Waals surface area (Å²) in [4.78, 5) is 0. The molecule has 0 amide bonds. The number of hydrogen-bond acceptors (Lipinski definition) is 4. The third-order valence-electron chi connectivity index (χ3n) is 2.81. The molecule has 5 heteroatoms. The van der Waals surface area contributed by atoms with Crippen LogP contribution in [-0.4, -0.2) is 32.0 Å². The first kappa shape index (κ1) is 16.1. The molecule has 1 atom stereocenters. The molecular formula is C14H22ClNO3. The van der Waals surface area contributed by atoms with E-state index in [1.54, 1.807) is 0 Å². The Morgan fingerprint density at radius 3 is 2.37 bits per heavy atom. The van der Waals surface area contributed by atoms with Gasteiger partial charge in [0.2, 0.25) is 0 Å². The zero-order chi connectivity index (χ0) is 14.3. The van der Waals surface area contributed by atoms with E-state index in [1.165, 1.54) is 0 Å². The summed E-state index contributed by atoms with van der Waals surface area (Å²) in [6, 6.07) is 3.65. The van der Waals surface area contributed by atoms with Gasteiger partial charge < -0.3 is 19.9 Å². The number of aliphatic hydroxyl groups excluding tert-OH is 1. The van der Waals surface area contributed by atoms with Crippen LogP contribution in [0, 0.1) is 0 Å². The molecular weight excluding hydrogens is 266 g/mol. The molecule has 0 aromatic heterocycles. The topological polar surface area (TPSA) is 50.7 Å². The lowest BCUT2D eigenvalue weighted by Gasteiger charge is -2.21. The van der Waals surface area contributed by atoms with Gasteiger partial charge in [0.05, 0.1) is 18.2 Å². The first-order valence-electron chi connectivity index (χ1n) is 6.55. The predicted molar refractivity (Wildman–Crippen MR) is 77.3 cm³/mol. The molecule has 0 saturated heterocycles. The van der Waals surface area contributed by atoms with Gasteiger partial charge in [-0.15, -0.1) is 0 Å². The zero-order valence-electron chi connectivity index (χ0n) is 11.7. The average Bonchev–Trinajstić information content (AvgIpc) is 2.40. The Kier molecular flexibility index (Phi) is 6.99. The second-order valence-corrected chi connectivity index (χ2v) is 4.45. The van der Waals surface area contributed by atoms with Crippen molar-refractivity contribution in [2.24, 2.45) is 0 Å². The van der Waals surface area contributed by atoms with E-state index in [1.807, 2.05) is 33.0 Å². The van der Waals surface area contributed by atoms with Crippen LogP contribution in [-0.2, 0) is 0 Å². The van der Waals surface area contributed by atoms with Gasteiger partial charge >= 0.3 is 0 Å². The maximum absolute atomic E-state index is 9.12. The molecule has 1 aromatic rings. The smallest absolute Gasteiger partial charge is 0.141 e. The molecule has 1 aromatic carbocycles. The van der Waals surface area contributed by atoms with Gasteiger partial charge in [-0.05, 0) is 33.4 Å². The molecule has 0 radical (unpaired) electrons. The van der Waals surface area contributed by atoms with Crippen molar-refractivity contribution in [3.05, 3.63) is 22.7 Å². The molecule has 0 bridgehead atoms. The molecule has 19 heavy (non-hydrogen) atoms. The number of halogens is 1. The lowest BCUT2D eigenvalue weighted by atomic mass is 10.0. The number of ether oxygens (including phenoxy) is 2. The van der Waals surface area contributed by atoms with Gasteiger partial charge in [-0.2, -0.15) is 0 Å². The van der Waals surface area contributed by atoms with E-state index >= 15 is 0 Å². The molecule has 0 spiro atoms. The van der Waals surface area contributed by atoms with Gasteiger partial charge in [0.1, 0.15) is 11.5 Å². The van der Waals surface area contributed by atoms with E-state index in [2.05, 4.69) is 5.32 Å². The van der Waals surface area contributed by atoms with Crippen LogP contribution >= 0.6 is 11.6 Å². The van der Waals surface area contributed by atoms with Crippen molar-refractivity contribution in [2.45, 2.75) is 26.3 Å². The number of hydrogen-bond donors (Lipinski definition) is 2. The van der Waals surface area contributed by atoms with Crippen molar-refractivity contribution in [3.63, 3.8) is 0 Å². The molecule has 4 nitrogen and oxygen atoms in total. The minimum absolute atomic E-state index is 0.000253. The molecule has 0 aliphatic carbocycles. The fourth-order valence-electron chi connectivity index (χ4n) is 1.95. The van der Waals surface area contributed by atoms with Crippen molar-refractivity contribution < 1.29 is 14.6 Å². The zero-order valence-corrected chi connectivity index (χ0v) is 12.5. The minimum Gasteiger partial charge on any atom is -0.493 e. The van der Waals surface area contributed by atoms with Gasteiger partial charge in [-0.25, -0.2) is 0 Å². The highest BCUT2D eigenvalue weighted by Crippen LogP contribution is 2.36. The summed E-state index contributed by atoms with van der Waals surface area (Å²) in [5, 5.41) is 12.8. The Bertz CT molecular complexity index is 399. The fraction of sp³-hybridized carbons (Fsp3) is 0.571. The van der Waals surface area contributed by atoms with Crippen molar-refractivity contribution in [3.8, 4) is 11.5 Å². The summed E-state index contributed by atoms with van der Waals surface area (Å²) < 4.78 is 11.1. The maximum atomic E-state index is 9.12. The SMILES string of the molecule is CCOc1cc(OCC)c(C(CCO)NC)cc1Cl. The van der Waals surface area contributed by atoms with Gasteiger partial charge in [-0.1, -0.05) is 11.6 Å². The summed E-state index contributed by atoms with van der Waals surface area (Å²) in [5.74, 6) is 1.36. The standard InChI is InChI=1S/C14H22ClNO3/c1-4-18-13-9-14(19-5-2)11(15)8-10(13)12(16-3)6-7-17/h8-9,12,16-17H,4-7H2,1-3H3. The average molecular weight is 288 g/mol. The van der Waals surface area contributed by atoms with E-state index in [9.17, 15) is 0 Å². The van der Waals surface area contributed by atoms with E-state index in [4.69, 9.17) is 26.2 Å². The van der Waals surface area contributed by atoms with Crippen molar-refractivity contribution in [2.75, 3.05) is 26.9 Å². The Hall–Kier alpha value is -0.970. The van der Waals surface area contributed by atoms with Crippen LogP contribution in [0.2, 0.25) is 5.02 Å². The number of rotatable bonds is 8.